The molecule has 0 aromatic heterocycles. The van der Waals surface area contributed by atoms with Crippen molar-refractivity contribution in [1.29, 1.82) is 0 Å². The van der Waals surface area contributed by atoms with Crippen molar-refractivity contribution in [2.45, 2.75) is 51.7 Å². The summed E-state index contributed by atoms with van der Waals surface area (Å²) in [6.07, 6.45) is 1.97. The van der Waals surface area contributed by atoms with Crippen LogP contribution in [-0.2, 0) is 15.9 Å². The maximum Gasteiger partial charge on any atom is 0.293 e. The molecule has 3 heterocycles. The first-order valence-electron chi connectivity index (χ1n) is 13.4. The third-order valence-corrected chi connectivity index (χ3v) is 8.13. The van der Waals surface area contributed by atoms with Crippen LogP contribution in [0, 0.1) is 5.41 Å². The predicted molar refractivity (Wildman–Crippen MR) is 152 cm³/mol. The van der Waals surface area contributed by atoms with E-state index in [0.29, 0.717) is 0 Å². The standard InChI is InChI=1S/C33H33N2O3/c1-33(2,3)17-21-16-26-27-28-24-14-19-10-6-7-11-20(19)15-25(24)30(36-4)32(37-5)35(28)18-34-31(27)38-29(26)23-13-9-8-12-22(21)23/h6-16,18,27,30-32H,17H2,1-5H3/q+1. The SMILES string of the molecule is COC1c2cc3ccccc3cc2C2=[N+](C=NC3Oc4c(cc(CC(C)(C)C)c5ccccc45)C23)C1OC. The van der Waals surface area contributed by atoms with E-state index in [1.165, 1.54) is 38.6 Å². The van der Waals surface area contributed by atoms with Crippen LogP contribution in [0.25, 0.3) is 21.5 Å². The average Bonchev–Trinajstić information content (AvgIpc) is 3.29. The van der Waals surface area contributed by atoms with Crippen LogP contribution in [0.5, 0.6) is 5.75 Å². The molecule has 4 aromatic rings. The van der Waals surface area contributed by atoms with Gasteiger partial charge in [0.2, 0.25) is 6.23 Å². The number of ether oxygens (including phenoxy) is 3. The molecule has 4 unspecified atom stereocenters. The molecule has 0 spiro atoms. The number of rotatable bonds is 3. The molecule has 0 fully saturated rings. The van der Waals surface area contributed by atoms with E-state index in [2.05, 4.69) is 92.1 Å². The second kappa shape index (κ2) is 8.48. The maximum atomic E-state index is 6.67. The van der Waals surface area contributed by atoms with Gasteiger partial charge in [0, 0.05) is 30.7 Å². The fourth-order valence-corrected chi connectivity index (χ4v) is 6.63. The Bertz CT molecular complexity index is 1660. The Morgan fingerprint density at radius 1 is 0.868 bits per heavy atom. The topological polar surface area (TPSA) is 43.1 Å². The number of hydrogen-bond acceptors (Lipinski definition) is 4. The Labute approximate surface area is 223 Å². The first-order chi connectivity index (χ1) is 18.4. The second-order valence-corrected chi connectivity index (χ2v) is 11.8. The summed E-state index contributed by atoms with van der Waals surface area (Å²) in [5, 5.41) is 4.82. The number of fused-ring (bicyclic) bond motifs is 9. The summed E-state index contributed by atoms with van der Waals surface area (Å²) in [7, 11) is 3.50. The molecular weight excluding hydrogens is 472 g/mol. The van der Waals surface area contributed by atoms with Crippen LogP contribution >= 0.6 is 0 Å². The van der Waals surface area contributed by atoms with E-state index in [-0.39, 0.29) is 29.9 Å². The molecule has 0 radical (unpaired) electrons. The van der Waals surface area contributed by atoms with E-state index in [1.807, 2.05) is 6.34 Å². The van der Waals surface area contributed by atoms with Crippen molar-refractivity contribution in [3.05, 3.63) is 89.0 Å². The minimum atomic E-state index is -0.327. The zero-order valence-corrected chi connectivity index (χ0v) is 22.6. The summed E-state index contributed by atoms with van der Waals surface area (Å²) in [5.74, 6) is 0.902. The summed E-state index contributed by atoms with van der Waals surface area (Å²) in [6, 6.07) is 24.1. The Balaban J connectivity index is 1.51. The van der Waals surface area contributed by atoms with Gasteiger partial charge in [0.25, 0.3) is 12.6 Å². The summed E-state index contributed by atoms with van der Waals surface area (Å²) in [4.78, 5) is 4.93. The smallest absolute Gasteiger partial charge is 0.293 e. The van der Waals surface area contributed by atoms with Crippen molar-refractivity contribution in [2.75, 3.05) is 14.2 Å². The first-order valence-corrected chi connectivity index (χ1v) is 13.4. The van der Waals surface area contributed by atoms with E-state index in [4.69, 9.17) is 19.2 Å². The third kappa shape index (κ3) is 3.45. The van der Waals surface area contributed by atoms with Gasteiger partial charge in [-0.2, -0.15) is 0 Å². The molecule has 0 N–H and O–H groups in total. The molecule has 0 saturated carbocycles. The highest BCUT2D eigenvalue weighted by molar-refractivity contribution is 6.10. The van der Waals surface area contributed by atoms with E-state index in [0.717, 1.165) is 23.1 Å². The van der Waals surface area contributed by atoms with Crippen LogP contribution in [0.3, 0.4) is 0 Å². The van der Waals surface area contributed by atoms with Crippen LogP contribution in [0.15, 0.2) is 71.7 Å². The highest BCUT2D eigenvalue weighted by atomic mass is 16.5. The summed E-state index contributed by atoms with van der Waals surface area (Å²) < 4.78 is 21.0. The molecule has 4 atom stereocenters. The van der Waals surface area contributed by atoms with Crippen molar-refractivity contribution in [3.8, 4) is 5.75 Å². The lowest BCUT2D eigenvalue weighted by molar-refractivity contribution is -0.531. The van der Waals surface area contributed by atoms with Gasteiger partial charge in [-0.1, -0.05) is 75.4 Å². The van der Waals surface area contributed by atoms with Crippen molar-refractivity contribution < 1.29 is 18.8 Å². The molecule has 0 saturated heterocycles. The van der Waals surface area contributed by atoms with Gasteiger partial charge in [0.05, 0.1) is 0 Å². The van der Waals surface area contributed by atoms with Crippen LogP contribution in [-0.4, -0.2) is 43.3 Å². The number of nitrogens with zero attached hydrogens (tertiary/aromatic N) is 2. The Morgan fingerprint density at radius 2 is 1.58 bits per heavy atom. The van der Waals surface area contributed by atoms with Crippen LogP contribution in [0.1, 0.15) is 55.0 Å². The van der Waals surface area contributed by atoms with E-state index < -0.39 is 0 Å². The molecule has 5 heteroatoms. The van der Waals surface area contributed by atoms with Crippen LogP contribution in [0.4, 0.5) is 0 Å². The van der Waals surface area contributed by atoms with Crippen LogP contribution < -0.4 is 4.74 Å². The fourth-order valence-electron chi connectivity index (χ4n) is 6.63. The number of benzene rings is 4. The van der Waals surface area contributed by atoms with Crippen molar-refractivity contribution in [1.82, 2.24) is 0 Å². The molecule has 0 amide bonds. The highest BCUT2D eigenvalue weighted by Gasteiger charge is 2.52. The normalized spacial score (nSPS) is 23.7. The lowest BCUT2D eigenvalue weighted by Gasteiger charge is -2.35. The number of aliphatic imine (C=N–C) groups is 1. The molecule has 38 heavy (non-hydrogen) atoms. The first kappa shape index (κ1) is 23.6. The third-order valence-electron chi connectivity index (χ3n) is 8.13. The fraction of sp³-hybridized carbons (Fsp3) is 0.333. The minimum Gasteiger partial charge on any atom is -0.446 e. The monoisotopic (exact) mass is 505 g/mol. The molecule has 3 aliphatic rings. The Kier molecular flexibility index (Phi) is 5.26. The van der Waals surface area contributed by atoms with Crippen LogP contribution in [0.2, 0.25) is 0 Å². The van der Waals surface area contributed by atoms with Crippen molar-refractivity contribution in [2.24, 2.45) is 10.4 Å². The van der Waals surface area contributed by atoms with E-state index in [1.54, 1.807) is 14.2 Å². The zero-order valence-electron chi connectivity index (χ0n) is 22.6. The lowest BCUT2D eigenvalue weighted by Crippen LogP contribution is -2.48. The molecule has 0 aliphatic carbocycles. The van der Waals surface area contributed by atoms with Gasteiger partial charge in [0.1, 0.15) is 23.5 Å². The van der Waals surface area contributed by atoms with Gasteiger partial charge in [-0.05, 0) is 56.2 Å². The maximum absolute atomic E-state index is 6.67. The Hall–Kier alpha value is -3.54. The largest absolute Gasteiger partial charge is 0.446 e. The van der Waals surface area contributed by atoms with Gasteiger partial charge in [-0.25, -0.2) is 4.58 Å². The number of methoxy groups -OCH3 is 2. The van der Waals surface area contributed by atoms with Gasteiger partial charge in [-0.15, -0.1) is 0 Å². The van der Waals surface area contributed by atoms with Gasteiger partial charge in [0.15, 0.2) is 0 Å². The number of hydrogen-bond donors (Lipinski definition) is 0. The average molecular weight is 506 g/mol. The van der Waals surface area contributed by atoms with Crippen molar-refractivity contribution in [3.63, 3.8) is 0 Å². The molecule has 0 bridgehead atoms. The van der Waals surface area contributed by atoms with Gasteiger partial charge in [-0.3, -0.25) is 0 Å². The zero-order chi connectivity index (χ0) is 26.2. The quantitative estimate of drug-likeness (QED) is 0.295. The van der Waals surface area contributed by atoms with E-state index in [9.17, 15) is 0 Å². The highest BCUT2D eigenvalue weighted by Crippen LogP contribution is 2.50. The lowest BCUT2D eigenvalue weighted by atomic mass is 9.79. The van der Waals surface area contributed by atoms with Gasteiger partial charge < -0.3 is 14.2 Å². The molecule has 7 rings (SSSR count). The molecule has 3 aliphatic heterocycles. The molecule has 192 valence electrons. The molecule has 5 nitrogen and oxygen atoms in total. The summed E-state index contributed by atoms with van der Waals surface area (Å²) >= 11 is 0. The summed E-state index contributed by atoms with van der Waals surface area (Å²) in [6.45, 7) is 6.89. The molecule has 4 aromatic carbocycles. The van der Waals surface area contributed by atoms with E-state index >= 15 is 0 Å². The molecular formula is C33H33N2O3+. The summed E-state index contributed by atoms with van der Waals surface area (Å²) in [5.41, 5.74) is 6.19. The second-order valence-electron chi connectivity index (χ2n) is 11.8. The van der Waals surface area contributed by atoms with Crippen molar-refractivity contribution >= 4 is 33.6 Å². The Morgan fingerprint density at radius 3 is 2.29 bits per heavy atom. The predicted octanol–water partition coefficient (Wildman–Crippen LogP) is 6.60. The minimum absolute atomic E-state index is 0.0475. The van der Waals surface area contributed by atoms with Gasteiger partial charge >= 0.3 is 0 Å².